The Bertz CT molecular complexity index is 2520. The summed E-state index contributed by atoms with van der Waals surface area (Å²) >= 11 is 0. The highest BCUT2D eigenvalue weighted by atomic mass is 19.1. The predicted octanol–water partition coefficient (Wildman–Crippen LogP) is 6.47. The lowest BCUT2D eigenvalue weighted by molar-refractivity contribution is 0.0748. The summed E-state index contributed by atoms with van der Waals surface area (Å²) in [6, 6.07) is 15.2. The Labute approximate surface area is 373 Å². The maximum absolute atomic E-state index is 16.0. The Morgan fingerprint density at radius 3 is 2.44 bits per heavy atom. The SMILES string of the molecule is CC(C)c1cc(C(=O)N2Cc3ccc(CN4CCNCC4)cc3C2)c(O)cc1O.Cc1c(F)cccc1-c1ncc2c(N3CC4CCC(C3)N4)nc(OC[C@@H]3CCCN3C)nc2c1F. The van der Waals surface area contributed by atoms with E-state index in [9.17, 15) is 19.4 Å². The Balaban J connectivity index is 0.000000165. The topological polar surface area (TPSA) is 142 Å². The Hall–Kier alpha value is -5.48. The monoisotopic (exact) mass is 875 g/mol. The number of aromatic nitrogens is 3. The summed E-state index contributed by atoms with van der Waals surface area (Å²) in [5.74, 6) is -0.621. The molecule has 0 spiro atoms. The minimum Gasteiger partial charge on any atom is -0.508 e. The van der Waals surface area contributed by atoms with Crippen LogP contribution in [0.1, 0.15) is 83.6 Å². The second-order valence-electron chi connectivity index (χ2n) is 18.4. The van der Waals surface area contributed by atoms with Crippen molar-refractivity contribution in [3.63, 3.8) is 0 Å². The number of anilines is 1. The number of ether oxygens (including phenoxy) is 1. The number of piperazine rings is 2. The third-order valence-corrected chi connectivity index (χ3v) is 13.7. The van der Waals surface area contributed by atoms with E-state index in [-0.39, 0.29) is 46.1 Å². The van der Waals surface area contributed by atoms with Crippen LogP contribution in [-0.4, -0.2) is 123 Å². The molecule has 4 fully saturated rings. The van der Waals surface area contributed by atoms with Crippen LogP contribution < -0.4 is 20.3 Å². The molecule has 10 rings (SSSR count). The van der Waals surface area contributed by atoms with E-state index in [0.29, 0.717) is 65.7 Å². The average Bonchev–Trinajstić information content (AvgIpc) is 4.01. The van der Waals surface area contributed by atoms with Gasteiger partial charge < -0.3 is 40.3 Å². The number of amides is 1. The zero-order valence-electron chi connectivity index (χ0n) is 37.2. The van der Waals surface area contributed by atoms with Crippen molar-refractivity contribution in [3.8, 4) is 28.8 Å². The molecule has 3 atom stereocenters. The Morgan fingerprint density at radius 2 is 1.70 bits per heavy atom. The van der Waals surface area contributed by atoms with E-state index in [1.54, 1.807) is 36.2 Å². The van der Waals surface area contributed by atoms with Gasteiger partial charge in [0.1, 0.15) is 41.0 Å². The fourth-order valence-corrected chi connectivity index (χ4v) is 9.92. The molecule has 0 radical (unpaired) electrons. The number of fused-ring (bicyclic) bond motifs is 4. The lowest BCUT2D eigenvalue weighted by Crippen LogP contribution is -2.51. The van der Waals surface area contributed by atoms with Crippen molar-refractivity contribution >= 4 is 22.6 Å². The molecule has 64 heavy (non-hydrogen) atoms. The second-order valence-corrected chi connectivity index (χ2v) is 18.4. The third kappa shape index (κ3) is 9.08. The number of phenolic OH excluding ortho intramolecular Hbond substituents is 2. The number of pyridine rings is 1. The number of carbonyl (C=O) groups excluding carboxylic acids is 1. The molecule has 5 aliphatic heterocycles. The van der Waals surface area contributed by atoms with Crippen LogP contribution in [0, 0.1) is 18.6 Å². The van der Waals surface area contributed by atoms with Gasteiger partial charge >= 0.3 is 6.01 Å². The molecule has 13 nitrogen and oxygen atoms in total. The summed E-state index contributed by atoms with van der Waals surface area (Å²) in [6.07, 6.45) is 6.05. The first-order valence-electron chi connectivity index (χ1n) is 22.7. The van der Waals surface area contributed by atoms with Gasteiger partial charge in [-0.15, -0.1) is 0 Å². The maximum Gasteiger partial charge on any atom is 0.319 e. The number of carbonyl (C=O) groups is 1. The number of likely N-dealkylation sites (N-methyl/N-ethyl adjacent to an activating group) is 1. The zero-order chi connectivity index (χ0) is 44.6. The number of aromatic hydroxyl groups is 2. The van der Waals surface area contributed by atoms with E-state index in [1.165, 1.54) is 23.3 Å². The number of nitrogens with one attached hydrogen (secondary N) is 2. The van der Waals surface area contributed by atoms with Gasteiger partial charge in [-0.05, 0) is 92.1 Å². The van der Waals surface area contributed by atoms with Gasteiger partial charge in [0, 0.05) is 94.9 Å². The lowest BCUT2D eigenvalue weighted by Gasteiger charge is -2.34. The first kappa shape index (κ1) is 43.8. The van der Waals surface area contributed by atoms with Crippen molar-refractivity contribution in [1.29, 1.82) is 0 Å². The molecule has 15 heteroatoms. The van der Waals surface area contributed by atoms with Gasteiger partial charge in [-0.3, -0.25) is 14.7 Å². The summed E-state index contributed by atoms with van der Waals surface area (Å²) < 4.78 is 36.3. The molecule has 3 aromatic carbocycles. The van der Waals surface area contributed by atoms with Crippen molar-refractivity contribution in [2.24, 2.45) is 0 Å². The molecule has 5 aliphatic rings. The molecule has 0 aliphatic carbocycles. The van der Waals surface area contributed by atoms with Crippen LogP contribution >= 0.6 is 0 Å². The lowest BCUT2D eigenvalue weighted by atomic mass is 9.98. The van der Waals surface area contributed by atoms with Gasteiger partial charge in [0.15, 0.2) is 5.82 Å². The molecule has 4 N–H and O–H groups in total. The van der Waals surface area contributed by atoms with Crippen LogP contribution in [-0.2, 0) is 19.6 Å². The first-order chi connectivity index (χ1) is 30.9. The largest absolute Gasteiger partial charge is 0.508 e. The van der Waals surface area contributed by atoms with E-state index in [0.717, 1.165) is 83.6 Å². The van der Waals surface area contributed by atoms with E-state index in [2.05, 4.69) is 60.5 Å². The van der Waals surface area contributed by atoms with Crippen LogP contribution in [0.25, 0.3) is 22.2 Å². The quantitative estimate of drug-likeness (QED) is 0.129. The molecule has 2 bridgehead atoms. The number of hydrogen-bond donors (Lipinski definition) is 4. The van der Waals surface area contributed by atoms with E-state index >= 15 is 4.39 Å². The van der Waals surface area contributed by atoms with Crippen molar-refractivity contribution in [2.45, 2.75) is 90.1 Å². The number of likely N-dealkylation sites (tertiary alicyclic amines) is 1. The minimum absolute atomic E-state index is 0.0244. The number of benzene rings is 3. The van der Waals surface area contributed by atoms with Crippen LogP contribution in [0.15, 0.2) is 54.7 Å². The van der Waals surface area contributed by atoms with Gasteiger partial charge in [0.25, 0.3) is 5.91 Å². The number of hydrogen-bond acceptors (Lipinski definition) is 12. The molecule has 2 aromatic heterocycles. The molecular formula is C49H59F2N9O4. The summed E-state index contributed by atoms with van der Waals surface area (Å²) in [4.78, 5) is 35.5. The van der Waals surface area contributed by atoms with E-state index in [1.807, 2.05) is 13.8 Å². The van der Waals surface area contributed by atoms with Crippen LogP contribution in [0.5, 0.6) is 17.5 Å². The summed E-state index contributed by atoms with van der Waals surface area (Å²) in [7, 11) is 2.09. The van der Waals surface area contributed by atoms with Crippen molar-refractivity contribution in [2.75, 3.05) is 64.4 Å². The summed E-state index contributed by atoms with van der Waals surface area (Å²) in [5.41, 5.74) is 5.53. The number of rotatable bonds is 9. The molecule has 7 heterocycles. The number of phenols is 2. The van der Waals surface area contributed by atoms with Gasteiger partial charge in [-0.1, -0.05) is 44.2 Å². The molecule has 338 valence electrons. The smallest absolute Gasteiger partial charge is 0.319 e. The average molecular weight is 876 g/mol. The molecular weight excluding hydrogens is 817 g/mol. The van der Waals surface area contributed by atoms with Gasteiger partial charge in [0.05, 0.1) is 10.9 Å². The van der Waals surface area contributed by atoms with Gasteiger partial charge in [0.2, 0.25) is 0 Å². The van der Waals surface area contributed by atoms with Crippen LogP contribution in [0.4, 0.5) is 14.6 Å². The fourth-order valence-electron chi connectivity index (χ4n) is 9.92. The summed E-state index contributed by atoms with van der Waals surface area (Å²) in [6.45, 7) is 14.8. The highest BCUT2D eigenvalue weighted by Gasteiger charge is 2.35. The predicted molar refractivity (Wildman–Crippen MR) is 243 cm³/mol. The maximum atomic E-state index is 16.0. The van der Waals surface area contributed by atoms with Crippen molar-refractivity contribution in [1.82, 2.24) is 40.3 Å². The van der Waals surface area contributed by atoms with Crippen LogP contribution in [0.3, 0.4) is 0 Å². The Kier molecular flexibility index (Phi) is 12.7. The minimum atomic E-state index is -0.583. The highest BCUT2D eigenvalue weighted by molar-refractivity contribution is 5.97. The fraction of sp³-hybridized carbons (Fsp3) is 0.469. The second kappa shape index (κ2) is 18.6. The summed E-state index contributed by atoms with van der Waals surface area (Å²) in [5, 5.41) is 27.8. The number of nitrogens with zero attached hydrogens (tertiary/aromatic N) is 7. The molecule has 1 amide bonds. The van der Waals surface area contributed by atoms with Gasteiger partial charge in [-0.2, -0.15) is 9.97 Å². The third-order valence-electron chi connectivity index (χ3n) is 13.7. The van der Waals surface area contributed by atoms with E-state index in [4.69, 9.17) is 9.72 Å². The van der Waals surface area contributed by atoms with Crippen molar-refractivity contribution < 1.29 is 28.5 Å². The normalized spacial score (nSPS) is 21.1. The zero-order valence-corrected chi connectivity index (χ0v) is 37.2. The number of halogens is 2. The van der Waals surface area contributed by atoms with Gasteiger partial charge in [-0.25, -0.2) is 8.78 Å². The molecule has 5 aromatic rings. The molecule has 0 saturated carbocycles. The molecule has 4 saturated heterocycles. The highest BCUT2D eigenvalue weighted by Crippen LogP contribution is 2.37. The Morgan fingerprint density at radius 1 is 0.938 bits per heavy atom. The standard InChI is InChI=1S/C26H30F2N6O.C23H29N3O3/c1-15-19(6-3-7-21(15)27)23-22(28)24-20(11-29-23)25(34-12-16-8-9-17(13-34)30-16)32-26(31-24)35-14-18-5-4-10-33(18)2;1-15(2)19-10-20(22(28)11-21(19)27)23(29)26-13-17-4-3-16(9-18(17)14-26)12-25-7-5-24-6-8-25/h3,6-7,11,16-18,30H,4-5,8-10,12-14H2,1-2H3;3-4,9-11,15,24,27-28H,5-8,12-14H2,1-2H3/t16?,17?,18-;/m0./s1. The van der Waals surface area contributed by atoms with E-state index < -0.39 is 11.6 Å². The molecule has 2 unspecified atom stereocenters. The van der Waals surface area contributed by atoms with Crippen LogP contribution in [0.2, 0.25) is 0 Å². The first-order valence-corrected chi connectivity index (χ1v) is 22.7. The van der Waals surface area contributed by atoms with Crippen molar-refractivity contribution in [3.05, 3.63) is 99.7 Å².